The molecule has 0 aliphatic carbocycles. The highest BCUT2D eigenvalue weighted by Crippen LogP contribution is 2.32. The van der Waals surface area contributed by atoms with Crippen molar-refractivity contribution in [3.63, 3.8) is 0 Å². The Bertz CT molecular complexity index is 1330. The summed E-state index contributed by atoms with van der Waals surface area (Å²) in [6, 6.07) is 44.6. The predicted molar refractivity (Wildman–Crippen MR) is 140 cm³/mol. The third-order valence-corrected chi connectivity index (χ3v) is 6.22. The lowest BCUT2D eigenvalue weighted by atomic mass is 9.84. The van der Waals surface area contributed by atoms with Crippen molar-refractivity contribution in [3.8, 4) is 0 Å². The number of hydrogen-bond donors (Lipinski definition) is 0. The molecular formula is C33H24O2. The average Bonchev–Trinajstić information content (AvgIpc) is 2.95. The van der Waals surface area contributed by atoms with E-state index in [1.807, 2.05) is 127 Å². The molecule has 0 unspecified atom stereocenters. The van der Waals surface area contributed by atoms with Gasteiger partial charge in [-0.25, -0.2) is 0 Å². The van der Waals surface area contributed by atoms with Gasteiger partial charge in [-0.2, -0.15) is 0 Å². The van der Waals surface area contributed by atoms with Gasteiger partial charge in [0, 0.05) is 28.2 Å². The standard InChI is InChI=1S/C33H24O2/c34-32(27-12-6-2-7-13-27)29-20-16-25(17-21-29)31(24-10-4-1-5-11-24)26-18-22-30(23-19-26)33(35)28-14-8-3-9-15-28/h1-23,31H. The molecule has 0 amide bonds. The van der Waals surface area contributed by atoms with Crippen LogP contribution in [0.2, 0.25) is 0 Å². The van der Waals surface area contributed by atoms with Crippen LogP contribution >= 0.6 is 0 Å². The highest BCUT2D eigenvalue weighted by molar-refractivity contribution is 6.09. The van der Waals surface area contributed by atoms with E-state index in [0.29, 0.717) is 22.3 Å². The van der Waals surface area contributed by atoms with Crippen LogP contribution in [0.3, 0.4) is 0 Å². The molecule has 35 heavy (non-hydrogen) atoms. The van der Waals surface area contributed by atoms with Gasteiger partial charge < -0.3 is 0 Å². The Morgan fingerprint density at radius 1 is 0.343 bits per heavy atom. The number of rotatable bonds is 7. The number of carbonyl (C=O) groups excluding carboxylic acids is 2. The summed E-state index contributed by atoms with van der Waals surface area (Å²) in [5, 5.41) is 0. The van der Waals surface area contributed by atoms with E-state index in [0.717, 1.165) is 16.7 Å². The Labute approximate surface area is 205 Å². The van der Waals surface area contributed by atoms with Crippen molar-refractivity contribution in [2.75, 3.05) is 0 Å². The topological polar surface area (TPSA) is 34.1 Å². The third kappa shape index (κ3) is 4.87. The second-order valence-electron chi connectivity index (χ2n) is 8.48. The molecule has 0 aliphatic heterocycles. The summed E-state index contributed by atoms with van der Waals surface area (Å²) in [4.78, 5) is 25.7. The summed E-state index contributed by atoms with van der Waals surface area (Å²) in [6.07, 6.45) is 0. The molecule has 0 atom stereocenters. The van der Waals surface area contributed by atoms with E-state index >= 15 is 0 Å². The minimum absolute atomic E-state index is 0.0113. The summed E-state index contributed by atoms with van der Waals surface area (Å²) >= 11 is 0. The first kappa shape index (κ1) is 22.2. The molecule has 0 saturated heterocycles. The summed E-state index contributed by atoms with van der Waals surface area (Å²) in [6.45, 7) is 0. The highest BCUT2D eigenvalue weighted by atomic mass is 16.1. The fourth-order valence-corrected chi connectivity index (χ4v) is 4.39. The van der Waals surface area contributed by atoms with E-state index < -0.39 is 0 Å². The maximum absolute atomic E-state index is 12.9. The second kappa shape index (κ2) is 10.1. The maximum Gasteiger partial charge on any atom is 0.193 e. The molecule has 0 aromatic heterocycles. The van der Waals surface area contributed by atoms with Crippen LogP contribution in [0.25, 0.3) is 0 Å². The zero-order chi connectivity index (χ0) is 24.0. The molecule has 0 N–H and O–H groups in total. The number of ketones is 2. The Kier molecular flexibility index (Phi) is 6.45. The van der Waals surface area contributed by atoms with E-state index in [1.54, 1.807) is 0 Å². The van der Waals surface area contributed by atoms with E-state index in [9.17, 15) is 9.59 Å². The van der Waals surface area contributed by atoms with Crippen LogP contribution in [-0.4, -0.2) is 11.6 Å². The molecule has 168 valence electrons. The van der Waals surface area contributed by atoms with Crippen LogP contribution in [0.5, 0.6) is 0 Å². The van der Waals surface area contributed by atoms with Crippen molar-refractivity contribution >= 4 is 11.6 Å². The summed E-state index contributed by atoms with van der Waals surface area (Å²) < 4.78 is 0. The lowest BCUT2D eigenvalue weighted by Gasteiger charge is -2.19. The largest absolute Gasteiger partial charge is 0.289 e. The van der Waals surface area contributed by atoms with Crippen LogP contribution < -0.4 is 0 Å². The lowest BCUT2D eigenvalue weighted by molar-refractivity contribution is 0.103. The van der Waals surface area contributed by atoms with Gasteiger partial charge in [0.15, 0.2) is 11.6 Å². The van der Waals surface area contributed by atoms with Crippen molar-refractivity contribution in [3.05, 3.63) is 178 Å². The lowest BCUT2D eigenvalue weighted by Crippen LogP contribution is -2.06. The molecule has 5 rings (SSSR count). The Morgan fingerprint density at radius 3 is 1.00 bits per heavy atom. The van der Waals surface area contributed by atoms with Crippen molar-refractivity contribution in [1.29, 1.82) is 0 Å². The Morgan fingerprint density at radius 2 is 0.629 bits per heavy atom. The van der Waals surface area contributed by atoms with Crippen LogP contribution in [0.1, 0.15) is 54.5 Å². The Hall–Kier alpha value is -4.56. The smallest absolute Gasteiger partial charge is 0.193 e. The zero-order valence-electron chi connectivity index (χ0n) is 19.2. The maximum atomic E-state index is 12.9. The second-order valence-corrected chi connectivity index (χ2v) is 8.48. The van der Waals surface area contributed by atoms with Gasteiger partial charge >= 0.3 is 0 Å². The van der Waals surface area contributed by atoms with Crippen LogP contribution in [0.15, 0.2) is 140 Å². The number of hydrogen-bond acceptors (Lipinski definition) is 2. The molecule has 0 spiro atoms. The third-order valence-electron chi connectivity index (χ3n) is 6.22. The highest BCUT2D eigenvalue weighted by Gasteiger charge is 2.18. The molecular weight excluding hydrogens is 428 g/mol. The molecule has 0 bridgehead atoms. The van der Waals surface area contributed by atoms with E-state index in [-0.39, 0.29) is 17.5 Å². The molecule has 5 aromatic rings. The van der Waals surface area contributed by atoms with Gasteiger partial charge in [0.2, 0.25) is 0 Å². The Balaban J connectivity index is 1.47. The normalized spacial score (nSPS) is 10.8. The average molecular weight is 453 g/mol. The van der Waals surface area contributed by atoms with Crippen molar-refractivity contribution < 1.29 is 9.59 Å². The van der Waals surface area contributed by atoms with Gasteiger partial charge in [-0.3, -0.25) is 9.59 Å². The van der Waals surface area contributed by atoms with Gasteiger partial charge in [0.1, 0.15) is 0 Å². The van der Waals surface area contributed by atoms with Crippen molar-refractivity contribution in [2.45, 2.75) is 5.92 Å². The van der Waals surface area contributed by atoms with Gasteiger partial charge in [-0.1, -0.05) is 140 Å². The van der Waals surface area contributed by atoms with Gasteiger partial charge in [0.25, 0.3) is 0 Å². The van der Waals surface area contributed by atoms with Gasteiger partial charge in [0.05, 0.1) is 0 Å². The molecule has 2 heteroatoms. The molecule has 0 aliphatic rings. The first-order chi connectivity index (χ1) is 17.2. The van der Waals surface area contributed by atoms with Gasteiger partial charge in [-0.15, -0.1) is 0 Å². The molecule has 5 aromatic carbocycles. The molecule has 0 saturated carbocycles. The van der Waals surface area contributed by atoms with Gasteiger partial charge in [-0.05, 0) is 16.7 Å². The summed E-state index contributed by atoms with van der Waals surface area (Å²) in [5.41, 5.74) is 6.01. The quantitative estimate of drug-likeness (QED) is 0.191. The number of benzene rings is 5. The number of carbonyl (C=O) groups is 2. The molecule has 0 radical (unpaired) electrons. The summed E-state index contributed by atoms with van der Waals surface area (Å²) in [5.74, 6) is 0.00679. The summed E-state index contributed by atoms with van der Waals surface area (Å²) in [7, 11) is 0. The molecule has 0 fully saturated rings. The van der Waals surface area contributed by atoms with Crippen molar-refractivity contribution in [1.82, 2.24) is 0 Å². The monoisotopic (exact) mass is 452 g/mol. The zero-order valence-corrected chi connectivity index (χ0v) is 19.2. The fourth-order valence-electron chi connectivity index (χ4n) is 4.39. The minimum atomic E-state index is -0.0158. The van der Waals surface area contributed by atoms with Crippen molar-refractivity contribution in [2.24, 2.45) is 0 Å². The SMILES string of the molecule is O=C(c1ccccc1)c1ccc(C(c2ccccc2)c2ccc(C(=O)c3ccccc3)cc2)cc1. The molecule has 2 nitrogen and oxygen atoms in total. The van der Waals surface area contributed by atoms with E-state index in [4.69, 9.17) is 0 Å². The predicted octanol–water partition coefficient (Wildman–Crippen LogP) is 7.33. The minimum Gasteiger partial charge on any atom is -0.289 e. The first-order valence-electron chi connectivity index (χ1n) is 11.6. The van der Waals surface area contributed by atoms with Crippen LogP contribution in [0, 0.1) is 0 Å². The first-order valence-corrected chi connectivity index (χ1v) is 11.6. The van der Waals surface area contributed by atoms with E-state index in [2.05, 4.69) is 12.1 Å². The van der Waals surface area contributed by atoms with Crippen LogP contribution in [0.4, 0.5) is 0 Å². The van der Waals surface area contributed by atoms with E-state index in [1.165, 1.54) is 0 Å². The van der Waals surface area contributed by atoms with Crippen LogP contribution in [-0.2, 0) is 0 Å². The molecule has 0 heterocycles. The fraction of sp³-hybridized carbons (Fsp3) is 0.0303.